The van der Waals surface area contributed by atoms with Crippen LogP contribution in [0.2, 0.25) is 0 Å². The van der Waals surface area contributed by atoms with Crippen molar-refractivity contribution in [3.8, 4) is 17.0 Å². The summed E-state index contributed by atoms with van der Waals surface area (Å²) in [7, 11) is 0. The summed E-state index contributed by atoms with van der Waals surface area (Å²) in [4.78, 5) is 13.5. The fraction of sp³-hybridized carbons (Fsp3) is 0.429. The molecule has 0 saturated carbocycles. The average molecular weight is 413 g/mol. The molecule has 0 spiro atoms. The van der Waals surface area contributed by atoms with Crippen LogP contribution in [-0.4, -0.2) is 48.4 Å². The number of allylic oxidation sites excluding steroid dienone is 1. The maximum absolute atomic E-state index is 12.8. The predicted octanol–water partition coefficient (Wildman–Crippen LogP) is 3.03. The van der Waals surface area contributed by atoms with E-state index in [2.05, 4.69) is 31.7 Å². The highest BCUT2D eigenvalue weighted by Gasteiger charge is 2.40. The number of halogens is 2. The van der Waals surface area contributed by atoms with E-state index in [0.717, 1.165) is 44.0 Å². The minimum Gasteiger partial charge on any atom is -0.431 e. The molecule has 4 aliphatic heterocycles. The lowest BCUT2D eigenvalue weighted by atomic mass is 9.98. The maximum Gasteiger partial charge on any atom is 0.387 e. The second-order valence-electron chi connectivity index (χ2n) is 8.28. The largest absolute Gasteiger partial charge is 0.431 e. The molecular weight excluding hydrogens is 392 g/mol. The Bertz CT molecular complexity index is 1050. The van der Waals surface area contributed by atoms with Gasteiger partial charge in [0, 0.05) is 48.2 Å². The number of nitrogen functional groups attached to an aromatic ring is 1. The standard InChI is InChI=1S/C21H21F2N5O2/c22-21(23)30-18-3-12(7-25-20(18)24)17-5-14(27-9-16-4-15(27)10-29-16)6-19(26-17)28-8-11-1-13(28)2-11/h1,3,5-7,11,15-16,21H,2,4,8-10H2,(H2,24,25)/t11?,15-,16-/m0/s1. The number of rotatable bonds is 5. The van der Waals surface area contributed by atoms with Crippen molar-refractivity contribution in [1.82, 2.24) is 9.97 Å². The van der Waals surface area contributed by atoms with Gasteiger partial charge in [-0.15, -0.1) is 0 Å². The van der Waals surface area contributed by atoms with Crippen molar-refractivity contribution < 1.29 is 18.3 Å². The molecule has 1 unspecified atom stereocenters. The number of aromatic nitrogens is 2. The third-order valence-electron chi connectivity index (χ3n) is 6.36. The average Bonchev–Trinajstić information content (AvgIpc) is 3.48. The van der Waals surface area contributed by atoms with Gasteiger partial charge in [-0.3, -0.25) is 0 Å². The van der Waals surface area contributed by atoms with Crippen molar-refractivity contribution in [3.63, 3.8) is 0 Å². The molecular formula is C21H21F2N5O2. The van der Waals surface area contributed by atoms with E-state index in [4.69, 9.17) is 15.5 Å². The normalized spacial score (nSPS) is 26.4. The van der Waals surface area contributed by atoms with Gasteiger partial charge in [0.1, 0.15) is 5.82 Å². The number of fused-ring (bicyclic) bond motifs is 3. The van der Waals surface area contributed by atoms with Crippen LogP contribution in [0.25, 0.3) is 11.3 Å². The number of nitrogens with zero attached hydrogens (tertiary/aromatic N) is 4. The number of nitrogens with two attached hydrogens (primary N) is 1. The van der Waals surface area contributed by atoms with E-state index in [1.165, 1.54) is 11.8 Å². The van der Waals surface area contributed by atoms with Crippen LogP contribution in [-0.2, 0) is 4.74 Å². The molecule has 7 nitrogen and oxygen atoms in total. The summed E-state index contributed by atoms with van der Waals surface area (Å²) < 4.78 is 35.8. The number of hydrogen-bond acceptors (Lipinski definition) is 7. The van der Waals surface area contributed by atoms with Gasteiger partial charge in [0.05, 0.1) is 24.4 Å². The molecule has 9 heteroatoms. The van der Waals surface area contributed by atoms with Crippen LogP contribution in [0.3, 0.4) is 0 Å². The molecule has 3 atom stereocenters. The van der Waals surface area contributed by atoms with Gasteiger partial charge < -0.3 is 25.0 Å². The van der Waals surface area contributed by atoms with Crippen LogP contribution in [0.5, 0.6) is 5.75 Å². The zero-order valence-electron chi connectivity index (χ0n) is 16.2. The highest BCUT2D eigenvalue weighted by molar-refractivity contribution is 5.72. The molecule has 7 rings (SSSR count). The second kappa shape index (κ2) is 6.53. The zero-order valence-corrected chi connectivity index (χ0v) is 16.2. The Balaban J connectivity index is 1.42. The maximum atomic E-state index is 12.8. The molecule has 6 heterocycles. The zero-order chi connectivity index (χ0) is 20.4. The number of anilines is 3. The molecule has 2 aromatic heterocycles. The Morgan fingerprint density at radius 3 is 2.77 bits per heavy atom. The SMILES string of the molecule is Nc1ncc(-c2cc(N3C[C@@H]4C[C@H]3CO4)cc(N3CC4C=C3C4)n2)cc1OC(F)F. The summed E-state index contributed by atoms with van der Waals surface area (Å²) in [5.41, 5.74) is 9.30. The monoisotopic (exact) mass is 413 g/mol. The van der Waals surface area contributed by atoms with E-state index >= 15 is 0 Å². The fourth-order valence-electron chi connectivity index (χ4n) is 4.87. The molecule has 0 aromatic carbocycles. The summed E-state index contributed by atoms with van der Waals surface area (Å²) >= 11 is 0. The Morgan fingerprint density at radius 1 is 1.23 bits per heavy atom. The summed E-state index contributed by atoms with van der Waals surface area (Å²) in [6.45, 7) is -0.467. The quantitative estimate of drug-likeness (QED) is 0.807. The van der Waals surface area contributed by atoms with E-state index in [-0.39, 0.29) is 17.7 Å². The highest BCUT2D eigenvalue weighted by Crippen LogP contribution is 2.43. The molecule has 3 saturated heterocycles. The van der Waals surface area contributed by atoms with Crippen LogP contribution < -0.4 is 20.3 Å². The van der Waals surface area contributed by atoms with Gasteiger partial charge in [-0.1, -0.05) is 6.08 Å². The number of morpholine rings is 1. The second-order valence-corrected chi connectivity index (χ2v) is 8.28. The molecule has 0 radical (unpaired) electrons. The van der Waals surface area contributed by atoms with Crippen LogP contribution in [0.1, 0.15) is 12.8 Å². The van der Waals surface area contributed by atoms with Gasteiger partial charge in [0.2, 0.25) is 0 Å². The molecule has 3 fully saturated rings. The lowest BCUT2D eigenvalue weighted by Gasteiger charge is -2.30. The lowest BCUT2D eigenvalue weighted by molar-refractivity contribution is -0.0494. The lowest BCUT2D eigenvalue weighted by Crippen LogP contribution is -2.37. The molecule has 2 aromatic rings. The minimum absolute atomic E-state index is 0.0741. The van der Waals surface area contributed by atoms with Gasteiger partial charge in [0.25, 0.3) is 0 Å². The Morgan fingerprint density at radius 2 is 2.10 bits per heavy atom. The third kappa shape index (κ3) is 2.87. The summed E-state index contributed by atoms with van der Waals surface area (Å²) in [5, 5.41) is 0. The topological polar surface area (TPSA) is 76.7 Å². The fourth-order valence-corrected chi connectivity index (χ4v) is 4.87. The van der Waals surface area contributed by atoms with Crippen molar-refractivity contribution in [1.29, 1.82) is 0 Å². The molecule has 5 aliphatic rings. The van der Waals surface area contributed by atoms with Crippen LogP contribution in [0.4, 0.5) is 26.1 Å². The van der Waals surface area contributed by atoms with E-state index in [1.807, 2.05) is 6.07 Å². The van der Waals surface area contributed by atoms with Crippen LogP contribution >= 0.6 is 0 Å². The van der Waals surface area contributed by atoms with Crippen molar-refractivity contribution in [2.24, 2.45) is 5.92 Å². The van der Waals surface area contributed by atoms with Crippen LogP contribution in [0.15, 0.2) is 36.2 Å². The van der Waals surface area contributed by atoms with E-state index in [9.17, 15) is 8.78 Å². The summed E-state index contributed by atoms with van der Waals surface area (Å²) in [6.07, 6.45) is 6.20. The smallest absolute Gasteiger partial charge is 0.387 e. The predicted molar refractivity (Wildman–Crippen MR) is 108 cm³/mol. The molecule has 4 bridgehead atoms. The van der Waals surface area contributed by atoms with Gasteiger partial charge >= 0.3 is 6.61 Å². The Hall–Kier alpha value is -2.94. The van der Waals surface area contributed by atoms with Gasteiger partial charge in [-0.25, -0.2) is 9.97 Å². The van der Waals surface area contributed by atoms with Crippen molar-refractivity contribution >= 4 is 17.3 Å². The first-order valence-electron chi connectivity index (χ1n) is 10.1. The van der Waals surface area contributed by atoms with Gasteiger partial charge in [0.15, 0.2) is 11.6 Å². The van der Waals surface area contributed by atoms with Gasteiger partial charge in [-0.05, 0) is 25.0 Å². The summed E-state index contributed by atoms with van der Waals surface area (Å²) in [6, 6.07) is 5.94. The number of pyridine rings is 2. The molecule has 30 heavy (non-hydrogen) atoms. The van der Waals surface area contributed by atoms with Crippen molar-refractivity contribution in [2.75, 3.05) is 35.2 Å². The van der Waals surface area contributed by atoms with Crippen molar-refractivity contribution in [3.05, 3.63) is 36.2 Å². The third-order valence-corrected chi connectivity index (χ3v) is 6.36. The molecule has 1 aliphatic carbocycles. The summed E-state index contributed by atoms with van der Waals surface area (Å²) in [5.74, 6) is 1.24. The van der Waals surface area contributed by atoms with E-state index in [1.54, 1.807) is 6.20 Å². The molecule has 2 N–H and O–H groups in total. The number of hydrogen-bond donors (Lipinski definition) is 1. The highest BCUT2D eigenvalue weighted by atomic mass is 19.3. The number of alkyl halides is 2. The minimum atomic E-state index is -2.97. The van der Waals surface area contributed by atoms with E-state index < -0.39 is 6.61 Å². The first-order valence-corrected chi connectivity index (χ1v) is 10.1. The van der Waals surface area contributed by atoms with Gasteiger partial charge in [-0.2, -0.15) is 8.78 Å². The number of ether oxygens (including phenoxy) is 2. The first-order chi connectivity index (χ1) is 14.5. The molecule has 0 amide bonds. The Labute approximate surface area is 172 Å². The molecule has 156 valence electrons. The van der Waals surface area contributed by atoms with E-state index in [0.29, 0.717) is 23.2 Å². The first kappa shape index (κ1) is 17.9. The van der Waals surface area contributed by atoms with Crippen LogP contribution in [0, 0.1) is 5.92 Å². The Kier molecular flexibility index (Phi) is 3.89. The van der Waals surface area contributed by atoms with Crippen molar-refractivity contribution in [2.45, 2.75) is 31.6 Å².